The van der Waals surface area contributed by atoms with E-state index in [-0.39, 0.29) is 18.3 Å². The van der Waals surface area contributed by atoms with E-state index in [9.17, 15) is 4.79 Å². The number of aromatic nitrogens is 2. The Labute approximate surface area is 161 Å². The van der Waals surface area contributed by atoms with Crippen LogP contribution in [0.15, 0.2) is 30.3 Å². The Bertz CT molecular complexity index is 746. The van der Waals surface area contributed by atoms with Crippen LogP contribution in [0.25, 0.3) is 0 Å². The Kier molecular flexibility index (Phi) is 5.99. The van der Waals surface area contributed by atoms with Crippen molar-refractivity contribution in [3.63, 3.8) is 0 Å². The molecular weight excluding hydrogens is 348 g/mol. The lowest BCUT2D eigenvalue weighted by molar-refractivity contribution is 0.0638. The van der Waals surface area contributed by atoms with Gasteiger partial charge in [0.25, 0.3) is 5.91 Å². The lowest BCUT2D eigenvalue weighted by atomic mass is 9.79. The average Bonchev–Trinajstić information content (AvgIpc) is 3.11. The molecule has 2 N–H and O–H groups in total. The van der Waals surface area contributed by atoms with Gasteiger partial charge in [-0.25, -0.2) is 0 Å². The van der Waals surface area contributed by atoms with Crippen molar-refractivity contribution < 1.29 is 4.79 Å². The fourth-order valence-corrected chi connectivity index (χ4v) is 4.32. The minimum atomic E-state index is 0. The van der Waals surface area contributed by atoms with Crippen molar-refractivity contribution in [2.24, 2.45) is 5.92 Å². The molecule has 0 bridgehead atoms. The number of aromatic amines is 1. The Balaban J connectivity index is 0.00000196. The lowest BCUT2D eigenvalue weighted by Gasteiger charge is -2.38. The van der Waals surface area contributed by atoms with E-state index >= 15 is 0 Å². The van der Waals surface area contributed by atoms with E-state index in [0.717, 1.165) is 56.7 Å². The largest absolute Gasteiger partial charge is 0.337 e. The molecule has 0 aliphatic carbocycles. The summed E-state index contributed by atoms with van der Waals surface area (Å²) in [4.78, 5) is 15.1. The van der Waals surface area contributed by atoms with Crippen molar-refractivity contribution in [2.75, 3.05) is 19.6 Å². The number of halogens is 1. The van der Waals surface area contributed by atoms with E-state index in [2.05, 4.69) is 52.8 Å². The number of likely N-dealkylation sites (tertiary alicyclic amines) is 1. The second-order valence-corrected chi connectivity index (χ2v) is 7.18. The first-order valence-electron chi connectivity index (χ1n) is 9.39. The standard InChI is InChI=1S/C20H26N4O.ClH/c1-2-14-13-24(11-9-16(14)15-6-4-3-5-7-15)20(25)19-17-12-21-10-8-18(17)22-23-19;/h3-7,14,16,21H,2,8-13H2,1H3,(H,22,23);1H. The van der Waals surface area contributed by atoms with E-state index in [1.807, 2.05) is 4.90 Å². The summed E-state index contributed by atoms with van der Waals surface area (Å²) in [7, 11) is 0. The first kappa shape index (κ1) is 18.9. The minimum Gasteiger partial charge on any atom is -0.337 e. The minimum absolute atomic E-state index is 0. The Morgan fingerprint density at radius 2 is 2.12 bits per heavy atom. The van der Waals surface area contributed by atoms with Gasteiger partial charge in [0.05, 0.1) is 0 Å². The third-order valence-electron chi connectivity index (χ3n) is 5.78. The number of carbonyl (C=O) groups excluding carboxylic acids is 1. The molecule has 4 rings (SSSR count). The number of benzene rings is 1. The number of nitrogens with one attached hydrogen (secondary N) is 2. The number of hydrogen-bond donors (Lipinski definition) is 2. The number of fused-ring (bicyclic) bond motifs is 1. The molecule has 6 heteroatoms. The number of H-pyrrole nitrogens is 1. The zero-order valence-electron chi connectivity index (χ0n) is 15.2. The molecule has 2 aromatic rings. The summed E-state index contributed by atoms with van der Waals surface area (Å²) in [6.07, 6.45) is 3.03. The Hall–Kier alpha value is -1.85. The topological polar surface area (TPSA) is 61.0 Å². The summed E-state index contributed by atoms with van der Waals surface area (Å²) >= 11 is 0. The van der Waals surface area contributed by atoms with Gasteiger partial charge in [-0.15, -0.1) is 12.4 Å². The fourth-order valence-electron chi connectivity index (χ4n) is 4.32. The zero-order chi connectivity index (χ0) is 17.2. The van der Waals surface area contributed by atoms with Crippen molar-refractivity contribution in [3.05, 3.63) is 52.8 Å². The van der Waals surface area contributed by atoms with Gasteiger partial charge in [-0.1, -0.05) is 43.7 Å². The van der Waals surface area contributed by atoms with E-state index in [1.165, 1.54) is 5.56 Å². The maximum absolute atomic E-state index is 13.1. The Morgan fingerprint density at radius 1 is 1.31 bits per heavy atom. The molecule has 0 radical (unpaired) electrons. The van der Waals surface area contributed by atoms with Crippen molar-refractivity contribution in [2.45, 2.75) is 38.6 Å². The first-order chi connectivity index (χ1) is 12.3. The van der Waals surface area contributed by atoms with Crippen LogP contribution in [0.5, 0.6) is 0 Å². The maximum Gasteiger partial charge on any atom is 0.274 e. The quantitative estimate of drug-likeness (QED) is 0.867. The summed E-state index contributed by atoms with van der Waals surface area (Å²) in [6.45, 7) is 5.55. The van der Waals surface area contributed by atoms with Crippen LogP contribution in [0.3, 0.4) is 0 Å². The summed E-state index contributed by atoms with van der Waals surface area (Å²) in [5, 5.41) is 10.8. The number of rotatable bonds is 3. The predicted octanol–water partition coefficient (Wildman–Crippen LogP) is 3.13. The molecule has 3 heterocycles. The summed E-state index contributed by atoms with van der Waals surface area (Å²) < 4.78 is 0. The van der Waals surface area contributed by atoms with Gasteiger partial charge in [-0.2, -0.15) is 5.10 Å². The van der Waals surface area contributed by atoms with Crippen LogP contribution in [0.2, 0.25) is 0 Å². The van der Waals surface area contributed by atoms with Crippen LogP contribution in [-0.2, 0) is 13.0 Å². The highest BCUT2D eigenvalue weighted by Crippen LogP contribution is 2.35. The van der Waals surface area contributed by atoms with Gasteiger partial charge < -0.3 is 10.2 Å². The van der Waals surface area contributed by atoms with E-state index in [4.69, 9.17) is 0 Å². The molecule has 1 saturated heterocycles. The zero-order valence-corrected chi connectivity index (χ0v) is 16.0. The fraction of sp³-hybridized carbons (Fsp3) is 0.500. The van der Waals surface area contributed by atoms with Crippen molar-refractivity contribution in [1.82, 2.24) is 20.4 Å². The molecule has 5 nitrogen and oxygen atoms in total. The van der Waals surface area contributed by atoms with Crippen LogP contribution in [0.4, 0.5) is 0 Å². The molecular formula is C20H27ClN4O. The van der Waals surface area contributed by atoms with Crippen LogP contribution in [0.1, 0.15) is 53.0 Å². The van der Waals surface area contributed by atoms with E-state index in [1.54, 1.807) is 0 Å². The van der Waals surface area contributed by atoms with Gasteiger partial charge in [0.2, 0.25) is 0 Å². The first-order valence-corrected chi connectivity index (χ1v) is 9.39. The van der Waals surface area contributed by atoms with Crippen molar-refractivity contribution in [1.29, 1.82) is 0 Å². The number of nitrogens with zero attached hydrogens (tertiary/aromatic N) is 2. The van der Waals surface area contributed by atoms with E-state index in [0.29, 0.717) is 17.5 Å². The van der Waals surface area contributed by atoms with Crippen LogP contribution in [-0.4, -0.2) is 40.6 Å². The normalized spacial score (nSPS) is 22.4. The summed E-state index contributed by atoms with van der Waals surface area (Å²) in [5.41, 5.74) is 4.21. The molecule has 140 valence electrons. The average molecular weight is 375 g/mol. The summed E-state index contributed by atoms with van der Waals surface area (Å²) in [5.74, 6) is 1.14. The molecule has 1 amide bonds. The van der Waals surface area contributed by atoms with Crippen molar-refractivity contribution in [3.8, 4) is 0 Å². The third-order valence-corrected chi connectivity index (χ3v) is 5.78. The number of hydrogen-bond acceptors (Lipinski definition) is 3. The number of piperidine rings is 1. The molecule has 1 aromatic heterocycles. The van der Waals surface area contributed by atoms with E-state index < -0.39 is 0 Å². The Morgan fingerprint density at radius 3 is 2.88 bits per heavy atom. The predicted molar refractivity (Wildman–Crippen MR) is 105 cm³/mol. The molecule has 2 unspecified atom stereocenters. The number of carbonyl (C=O) groups is 1. The SMILES string of the molecule is CCC1CN(C(=O)c2n[nH]c3c2CNCC3)CCC1c1ccccc1.Cl. The van der Waals surface area contributed by atoms with Gasteiger partial charge in [-0.3, -0.25) is 9.89 Å². The van der Waals surface area contributed by atoms with Gasteiger partial charge in [-0.05, 0) is 23.8 Å². The van der Waals surface area contributed by atoms with Gasteiger partial charge in [0.15, 0.2) is 5.69 Å². The van der Waals surface area contributed by atoms with Gasteiger partial charge in [0, 0.05) is 43.9 Å². The third kappa shape index (κ3) is 3.51. The molecule has 26 heavy (non-hydrogen) atoms. The summed E-state index contributed by atoms with van der Waals surface area (Å²) in [6, 6.07) is 10.7. The molecule has 2 atom stereocenters. The molecule has 1 aromatic carbocycles. The molecule has 0 spiro atoms. The second kappa shape index (κ2) is 8.23. The molecule has 2 aliphatic rings. The second-order valence-electron chi connectivity index (χ2n) is 7.18. The highest BCUT2D eigenvalue weighted by molar-refractivity contribution is 5.94. The number of amides is 1. The monoisotopic (exact) mass is 374 g/mol. The smallest absolute Gasteiger partial charge is 0.274 e. The van der Waals surface area contributed by atoms with Crippen molar-refractivity contribution >= 4 is 18.3 Å². The van der Waals surface area contributed by atoms with Crippen LogP contribution < -0.4 is 5.32 Å². The molecule has 0 saturated carbocycles. The highest BCUT2D eigenvalue weighted by atomic mass is 35.5. The van der Waals surface area contributed by atoms with Gasteiger partial charge >= 0.3 is 0 Å². The van der Waals surface area contributed by atoms with Gasteiger partial charge in [0.1, 0.15) is 0 Å². The lowest BCUT2D eigenvalue weighted by Crippen LogP contribution is -2.43. The molecule has 1 fully saturated rings. The van der Waals surface area contributed by atoms with Crippen LogP contribution in [0, 0.1) is 5.92 Å². The highest BCUT2D eigenvalue weighted by Gasteiger charge is 2.33. The molecule has 2 aliphatic heterocycles. The maximum atomic E-state index is 13.1. The van der Waals surface area contributed by atoms with Crippen LogP contribution >= 0.6 is 12.4 Å².